The minimum atomic E-state index is 0.553. The molecule has 3 heteroatoms. The Morgan fingerprint density at radius 3 is 2.50 bits per heavy atom. The standard InChI is InChI=1S/C13H12N2S/c1-8-3-6-13(16-8)10-4-5-12(15)11(7-14)9(10)2/h3-6H,15H2,1-2H3. The third kappa shape index (κ3) is 1.68. The number of benzene rings is 1. The second kappa shape index (κ2) is 3.99. The van der Waals surface area contributed by atoms with Crippen LogP contribution in [0.2, 0.25) is 0 Å². The van der Waals surface area contributed by atoms with E-state index in [2.05, 4.69) is 25.1 Å². The molecule has 1 aromatic carbocycles. The van der Waals surface area contributed by atoms with Crippen LogP contribution in [-0.4, -0.2) is 0 Å². The molecule has 0 saturated carbocycles. The first-order valence-electron chi connectivity index (χ1n) is 4.99. The number of nitriles is 1. The first-order chi connectivity index (χ1) is 7.63. The molecule has 0 radical (unpaired) electrons. The Labute approximate surface area is 99.0 Å². The van der Waals surface area contributed by atoms with Crippen molar-refractivity contribution in [3.63, 3.8) is 0 Å². The zero-order chi connectivity index (χ0) is 11.7. The number of nitrogens with two attached hydrogens (primary N) is 1. The molecule has 0 unspecified atom stereocenters. The number of hydrogen-bond acceptors (Lipinski definition) is 3. The van der Waals surface area contributed by atoms with Gasteiger partial charge in [-0.1, -0.05) is 6.07 Å². The average molecular weight is 228 g/mol. The van der Waals surface area contributed by atoms with E-state index in [1.165, 1.54) is 9.75 Å². The lowest BCUT2D eigenvalue weighted by Gasteiger charge is -2.07. The van der Waals surface area contributed by atoms with Crippen molar-refractivity contribution in [3.05, 3.63) is 40.3 Å². The van der Waals surface area contributed by atoms with Gasteiger partial charge in [0, 0.05) is 15.4 Å². The number of rotatable bonds is 1. The molecule has 2 nitrogen and oxygen atoms in total. The van der Waals surface area contributed by atoms with E-state index in [0.29, 0.717) is 11.3 Å². The molecule has 0 aliphatic carbocycles. The smallest absolute Gasteiger partial charge is 0.102 e. The Morgan fingerprint density at radius 2 is 1.94 bits per heavy atom. The normalized spacial score (nSPS) is 10.1. The number of nitrogens with zero attached hydrogens (tertiary/aromatic N) is 1. The molecule has 0 aliphatic rings. The fourth-order valence-corrected chi connectivity index (χ4v) is 2.68. The molecule has 0 atom stereocenters. The third-order valence-electron chi connectivity index (χ3n) is 2.61. The summed E-state index contributed by atoms with van der Waals surface area (Å²) < 4.78 is 0. The van der Waals surface area contributed by atoms with Gasteiger partial charge in [0.2, 0.25) is 0 Å². The van der Waals surface area contributed by atoms with E-state index in [9.17, 15) is 0 Å². The zero-order valence-corrected chi connectivity index (χ0v) is 10.1. The highest BCUT2D eigenvalue weighted by atomic mass is 32.1. The van der Waals surface area contributed by atoms with E-state index in [1.54, 1.807) is 17.4 Å². The molecule has 2 aromatic rings. The Hall–Kier alpha value is -1.79. The summed E-state index contributed by atoms with van der Waals surface area (Å²) in [6, 6.07) is 10.1. The van der Waals surface area contributed by atoms with Crippen molar-refractivity contribution in [1.29, 1.82) is 5.26 Å². The lowest BCUT2D eigenvalue weighted by molar-refractivity contribution is 1.40. The summed E-state index contributed by atoms with van der Waals surface area (Å²) in [6.07, 6.45) is 0. The average Bonchev–Trinajstić information content (AvgIpc) is 2.65. The largest absolute Gasteiger partial charge is 0.398 e. The van der Waals surface area contributed by atoms with Crippen LogP contribution < -0.4 is 5.73 Å². The number of hydrogen-bond donors (Lipinski definition) is 1. The third-order valence-corrected chi connectivity index (χ3v) is 3.65. The van der Waals surface area contributed by atoms with Gasteiger partial charge in [0.1, 0.15) is 6.07 Å². The molecule has 16 heavy (non-hydrogen) atoms. The van der Waals surface area contributed by atoms with Crippen LogP contribution in [0.1, 0.15) is 16.0 Å². The molecule has 1 aromatic heterocycles. The van der Waals surface area contributed by atoms with Crippen LogP contribution in [-0.2, 0) is 0 Å². The van der Waals surface area contributed by atoms with E-state index in [-0.39, 0.29) is 0 Å². The molecule has 0 aliphatic heterocycles. The van der Waals surface area contributed by atoms with E-state index in [0.717, 1.165) is 11.1 Å². The number of nitrogen functional groups attached to an aromatic ring is 1. The van der Waals surface area contributed by atoms with Gasteiger partial charge in [-0.15, -0.1) is 11.3 Å². The number of anilines is 1. The lowest BCUT2D eigenvalue weighted by atomic mass is 10.0. The Bertz CT molecular complexity index is 576. The maximum absolute atomic E-state index is 9.05. The van der Waals surface area contributed by atoms with Crippen molar-refractivity contribution in [3.8, 4) is 16.5 Å². The molecule has 80 valence electrons. The van der Waals surface area contributed by atoms with Crippen LogP contribution in [0.5, 0.6) is 0 Å². The van der Waals surface area contributed by atoms with Crippen LogP contribution >= 0.6 is 11.3 Å². The lowest BCUT2D eigenvalue weighted by Crippen LogP contribution is -1.94. The van der Waals surface area contributed by atoms with Gasteiger partial charge in [-0.25, -0.2) is 0 Å². The Balaban J connectivity index is 2.64. The first kappa shape index (κ1) is 10.7. The molecular formula is C13H12N2S. The van der Waals surface area contributed by atoms with Crippen LogP contribution in [0.15, 0.2) is 24.3 Å². The van der Waals surface area contributed by atoms with Gasteiger partial charge in [-0.2, -0.15) is 5.26 Å². The Kier molecular flexibility index (Phi) is 2.67. The van der Waals surface area contributed by atoms with Gasteiger partial charge < -0.3 is 5.73 Å². The molecule has 1 heterocycles. The molecule has 0 amide bonds. The van der Waals surface area contributed by atoms with Gasteiger partial charge in [-0.3, -0.25) is 0 Å². The van der Waals surface area contributed by atoms with Crippen molar-refractivity contribution in [1.82, 2.24) is 0 Å². The molecular weight excluding hydrogens is 216 g/mol. The van der Waals surface area contributed by atoms with Crippen molar-refractivity contribution in [2.45, 2.75) is 13.8 Å². The fraction of sp³-hybridized carbons (Fsp3) is 0.154. The monoisotopic (exact) mass is 228 g/mol. The highest BCUT2D eigenvalue weighted by Crippen LogP contribution is 2.33. The van der Waals surface area contributed by atoms with Crippen molar-refractivity contribution >= 4 is 17.0 Å². The van der Waals surface area contributed by atoms with Crippen molar-refractivity contribution < 1.29 is 0 Å². The SMILES string of the molecule is Cc1ccc(-c2ccc(N)c(C#N)c2C)s1. The summed E-state index contributed by atoms with van der Waals surface area (Å²) >= 11 is 1.73. The second-order valence-electron chi connectivity index (χ2n) is 3.72. The highest BCUT2D eigenvalue weighted by molar-refractivity contribution is 7.15. The van der Waals surface area contributed by atoms with Gasteiger partial charge in [0.15, 0.2) is 0 Å². The fourth-order valence-electron chi connectivity index (χ4n) is 1.73. The maximum Gasteiger partial charge on any atom is 0.102 e. The zero-order valence-electron chi connectivity index (χ0n) is 9.24. The second-order valence-corrected chi connectivity index (χ2v) is 5.01. The van der Waals surface area contributed by atoms with E-state index in [4.69, 9.17) is 11.0 Å². The maximum atomic E-state index is 9.05. The Morgan fingerprint density at radius 1 is 1.19 bits per heavy atom. The first-order valence-corrected chi connectivity index (χ1v) is 5.81. The summed E-state index contributed by atoms with van der Waals surface area (Å²) in [4.78, 5) is 2.45. The van der Waals surface area contributed by atoms with E-state index >= 15 is 0 Å². The van der Waals surface area contributed by atoms with Gasteiger partial charge in [0.25, 0.3) is 0 Å². The summed E-state index contributed by atoms with van der Waals surface area (Å²) in [6.45, 7) is 4.02. The topological polar surface area (TPSA) is 49.8 Å². The molecule has 0 bridgehead atoms. The van der Waals surface area contributed by atoms with Crippen LogP contribution in [0.3, 0.4) is 0 Å². The summed E-state index contributed by atoms with van der Waals surface area (Å²) in [5.74, 6) is 0. The van der Waals surface area contributed by atoms with E-state index < -0.39 is 0 Å². The minimum absolute atomic E-state index is 0.553. The predicted molar refractivity (Wildman–Crippen MR) is 68.4 cm³/mol. The molecule has 0 spiro atoms. The molecule has 0 fully saturated rings. The molecule has 2 N–H and O–H groups in total. The quantitative estimate of drug-likeness (QED) is 0.759. The molecule has 0 saturated heterocycles. The number of thiophene rings is 1. The summed E-state index contributed by atoms with van der Waals surface area (Å²) in [7, 11) is 0. The molecule has 2 rings (SSSR count). The number of aryl methyl sites for hydroxylation is 1. The van der Waals surface area contributed by atoms with Gasteiger partial charge in [0.05, 0.1) is 5.56 Å². The van der Waals surface area contributed by atoms with E-state index in [1.807, 2.05) is 13.0 Å². The predicted octanol–water partition coefficient (Wildman–Crippen LogP) is 3.49. The van der Waals surface area contributed by atoms with Crippen LogP contribution in [0.25, 0.3) is 10.4 Å². The highest BCUT2D eigenvalue weighted by Gasteiger charge is 2.10. The van der Waals surface area contributed by atoms with Crippen LogP contribution in [0, 0.1) is 25.2 Å². The summed E-state index contributed by atoms with van der Waals surface area (Å²) in [5, 5.41) is 9.05. The van der Waals surface area contributed by atoms with Gasteiger partial charge in [-0.05, 0) is 43.2 Å². The van der Waals surface area contributed by atoms with Crippen molar-refractivity contribution in [2.24, 2.45) is 0 Å². The summed E-state index contributed by atoms with van der Waals surface area (Å²) in [5.41, 5.74) is 8.97. The van der Waals surface area contributed by atoms with Gasteiger partial charge >= 0.3 is 0 Å². The van der Waals surface area contributed by atoms with Crippen LogP contribution in [0.4, 0.5) is 5.69 Å². The van der Waals surface area contributed by atoms with Crippen molar-refractivity contribution in [2.75, 3.05) is 5.73 Å². The minimum Gasteiger partial charge on any atom is -0.398 e.